The van der Waals surface area contributed by atoms with Crippen LogP contribution in [0.1, 0.15) is 30.0 Å². The van der Waals surface area contributed by atoms with Gasteiger partial charge in [-0.15, -0.1) is 23.1 Å². The van der Waals surface area contributed by atoms with Gasteiger partial charge in [0.25, 0.3) is 11.8 Å². The molecule has 2 aliphatic heterocycles. The zero-order valence-electron chi connectivity index (χ0n) is 22.8. The van der Waals surface area contributed by atoms with Gasteiger partial charge in [0.05, 0.1) is 17.1 Å². The molecule has 0 bridgehead atoms. The summed E-state index contributed by atoms with van der Waals surface area (Å²) in [5.74, 6) is -3.67. The summed E-state index contributed by atoms with van der Waals surface area (Å²) in [6.07, 6.45) is 1.49. The number of hydrogen-bond acceptors (Lipinski definition) is 13. The number of carboxylic acid groups (broad SMARTS) is 1. The lowest BCUT2D eigenvalue weighted by atomic mass is 9.95. The van der Waals surface area contributed by atoms with Gasteiger partial charge in [-0.3, -0.25) is 24.1 Å². The number of thioether (sulfide) groups is 1. The van der Waals surface area contributed by atoms with Gasteiger partial charge in [-0.2, -0.15) is 0 Å². The van der Waals surface area contributed by atoms with Crippen molar-refractivity contribution in [1.29, 1.82) is 0 Å². The number of rotatable bonds is 10. The number of amides is 2. The number of pyridine rings is 2. The van der Waals surface area contributed by atoms with E-state index in [1.807, 2.05) is 0 Å². The van der Waals surface area contributed by atoms with E-state index in [0.29, 0.717) is 11.0 Å². The molecule has 5 heterocycles. The van der Waals surface area contributed by atoms with Gasteiger partial charge in [0, 0.05) is 29.9 Å². The van der Waals surface area contributed by atoms with Crippen LogP contribution in [-0.4, -0.2) is 83.6 Å². The molecule has 1 fully saturated rings. The molecule has 43 heavy (non-hydrogen) atoms. The molecular formula is C26H26N8O7S2. The van der Waals surface area contributed by atoms with Gasteiger partial charge in [0.1, 0.15) is 35.1 Å². The number of carbonyl (C=O) groups is 4. The molecule has 0 spiro atoms. The molecule has 3 atom stereocenters. The first-order chi connectivity index (χ1) is 20.6. The number of nitrogens with two attached hydrogens (primary N) is 2. The number of hydrogen-bond donors (Lipinski definition) is 4. The second-order valence-corrected chi connectivity index (χ2v) is 11.3. The number of anilines is 1. The van der Waals surface area contributed by atoms with E-state index in [4.69, 9.17) is 16.3 Å². The van der Waals surface area contributed by atoms with Gasteiger partial charge in [0.15, 0.2) is 22.1 Å². The van der Waals surface area contributed by atoms with Crippen LogP contribution < -0.4 is 22.2 Å². The summed E-state index contributed by atoms with van der Waals surface area (Å²) in [7, 11) is 0. The number of Topliss-reactive ketones (excluding diaryl/α,β-unsaturated/α-hetero) is 1. The zero-order valence-corrected chi connectivity index (χ0v) is 24.5. The van der Waals surface area contributed by atoms with Crippen LogP contribution in [0.25, 0.3) is 11.0 Å². The summed E-state index contributed by atoms with van der Waals surface area (Å²) in [5, 5.41) is 17.7. The first kappa shape index (κ1) is 29.9. The van der Waals surface area contributed by atoms with E-state index in [-0.39, 0.29) is 46.7 Å². The Kier molecular flexibility index (Phi) is 8.30. The normalized spacial score (nSPS) is 19.1. The van der Waals surface area contributed by atoms with Crippen molar-refractivity contribution in [2.75, 3.05) is 18.1 Å². The summed E-state index contributed by atoms with van der Waals surface area (Å²) in [5.41, 5.74) is 11.4. The van der Waals surface area contributed by atoms with E-state index >= 15 is 0 Å². The number of nitrogen functional groups attached to an aromatic ring is 1. The van der Waals surface area contributed by atoms with Gasteiger partial charge in [-0.25, -0.2) is 14.8 Å². The van der Waals surface area contributed by atoms with Crippen LogP contribution in [0.2, 0.25) is 0 Å². The molecule has 1 saturated heterocycles. The van der Waals surface area contributed by atoms with Crippen molar-refractivity contribution >= 4 is 68.5 Å². The number of fused-ring (bicyclic) bond motifs is 2. The maximum Gasteiger partial charge on any atom is 0.352 e. The van der Waals surface area contributed by atoms with E-state index in [0.717, 1.165) is 34.1 Å². The smallest absolute Gasteiger partial charge is 0.352 e. The minimum atomic E-state index is -1.47. The Balaban J connectivity index is 1.42. The number of aromatic nitrogens is 3. The molecule has 0 saturated carbocycles. The Bertz CT molecular complexity index is 1780. The number of thiazole rings is 1. The van der Waals surface area contributed by atoms with Crippen molar-refractivity contribution < 1.29 is 29.1 Å². The van der Waals surface area contributed by atoms with E-state index in [1.165, 1.54) is 16.1 Å². The van der Waals surface area contributed by atoms with Crippen LogP contribution in [0, 0.1) is 0 Å². The summed E-state index contributed by atoms with van der Waals surface area (Å²) in [4.78, 5) is 79.5. The lowest BCUT2D eigenvalue weighted by Crippen LogP contribution is -2.71. The number of aliphatic carboxylic acids is 1. The number of carbonyl (C=O) groups excluding carboxylic acids is 3. The highest BCUT2D eigenvalue weighted by molar-refractivity contribution is 8.00. The molecule has 0 aliphatic carbocycles. The molecule has 6 N–H and O–H groups in total. The van der Waals surface area contributed by atoms with Crippen molar-refractivity contribution in [3.63, 3.8) is 0 Å². The third-order valence-electron chi connectivity index (χ3n) is 6.84. The van der Waals surface area contributed by atoms with Gasteiger partial charge >= 0.3 is 5.97 Å². The third-order valence-corrected chi connectivity index (χ3v) is 8.82. The van der Waals surface area contributed by atoms with E-state index < -0.39 is 52.2 Å². The van der Waals surface area contributed by atoms with Crippen molar-refractivity contribution in [1.82, 2.24) is 24.8 Å². The molecule has 3 aromatic rings. The highest BCUT2D eigenvalue weighted by Crippen LogP contribution is 2.41. The number of aryl methyl sites for hydroxylation is 1. The Morgan fingerprint density at radius 1 is 1.30 bits per heavy atom. The minimum Gasteiger partial charge on any atom is -0.477 e. The van der Waals surface area contributed by atoms with Gasteiger partial charge in [0.2, 0.25) is 0 Å². The molecule has 224 valence electrons. The average molecular weight is 627 g/mol. The largest absolute Gasteiger partial charge is 0.477 e. The van der Waals surface area contributed by atoms with Crippen LogP contribution >= 0.6 is 23.1 Å². The third kappa shape index (κ3) is 5.26. The van der Waals surface area contributed by atoms with Gasteiger partial charge < -0.3 is 31.3 Å². The Morgan fingerprint density at radius 3 is 2.72 bits per heavy atom. The molecular weight excluding hydrogens is 600 g/mol. The van der Waals surface area contributed by atoms with Crippen LogP contribution in [0.15, 0.2) is 51.0 Å². The minimum absolute atomic E-state index is 0.00430. The van der Waals surface area contributed by atoms with Crippen LogP contribution in [-0.2, 0) is 25.8 Å². The molecule has 0 radical (unpaired) electrons. The quantitative estimate of drug-likeness (QED) is 0.102. The standard InChI is InChI=1S/C26H26N8O7S2/c1-3-33-14(8-15(35)11-6-5-7-29-21(11)33)20(36)16(27)12-9-42-24-18(23(38)34(24)19(12)25(39)40)31-22(37)17(32-41-4-2)13-10-43-26(28)30-13/h5-8,10,16,18,24H,3-4,9,27H2,1-2H3,(H2,28,30)(H,31,37)(H,39,40)/b32-17-/t16?,18?,24-/m1/s1. The predicted molar refractivity (Wildman–Crippen MR) is 158 cm³/mol. The van der Waals surface area contributed by atoms with Crippen molar-refractivity contribution in [2.24, 2.45) is 10.9 Å². The highest BCUT2D eigenvalue weighted by Gasteiger charge is 2.55. The number of oxime groups is 1. The number of carboxylic acids is 1. The summed E-state index contributed by atoms with van der Waals surface area (Å²) in [6.45, 7) is 3.90. The topological polar surface area (TPSA) is 225 Å². The zero-order chi connectivity index (χ0) is 31.0. The van der Waals surface area contributed by atoms with E-state index in [2.05, 4.69) is 20.4 Å². The molecule has 5 rings (SSSR count). The summed E-state index contributed by atoms with van der Waals surface area (Å²) < 4.78 is 1.54. The summed E-state index contributed by atoms with van der Waals surface area (Å²) >= 11 is 2.22. The number of ketones is 1. The lowest BCUT2D eigenvalue weighted by Gasteiger charge is -2.49. The van der Waals surface area contributed by atoms with Crippen LogP contribution in [0.3, 0.4) is 0 Å². The van der Waals surface area contributed by atoms with Crippen LogP contribution in [0.5, 0.6) is 0 Å². The van der Waals surface area contributed by atoms with Crippen molar-refractivity contribution in [3.8, 4) is 0 Å². The number of nitrogens with zero attached hydrogens (tertiary/aromatic N) is 5. The number of nitrogens with one attached hydrogen (secondary N) is 1. The van der Waals surface area contributed by atoms with Crippen molar-refractivity contribution in [2.45, 2.75) is 37.8 Å². The first-order valence-electron chi connectivity index (χ1n) is 13.0. The Morgan fingerprint density at radius 2 is 2.07 bits per heavy atom. The maximum absolute atomic E-state index is 13.6. The molecule has 2 unspecified atom stereocenters. The molecule has 15 nitrogen and oxygen atoms in total. The highest BCUT2D eigenvalue weighted by atomic mass is 32.2. The number of β-lactam (4-membered cyclic amide) rings is 1. The Labute approximate surface area is 251 Å². The SMILES string of the molecule is CCO/N=C(\C(=O)NC1C(=O)N2C(C(=O)O)=C(C(N)C(=O)c3cc(=O)c4cccnc4n3CC)CS[C@H]12)c1csc(N)n1. The fourth-order valence-electron chi connectivity index (χ4n) is 4.86. The molecule has 0 aromatic carbocycles. The monoisotopic (exact) mass is 626 g/mol. The maximum atomic E-state index is 13.6. The second-order valence-electron chi connectivity index (χ2n) is 9.32. The van der Waals surface area contributed by atoms with Crippen LogP contribution in [0.4, 0.5) is 5.13 Å². The first-order valence-corrected chi connectivity index (χ1v) is 14.9. The van der Waals surface area contributed by atoms with Crippen molar-refractivity contribution in [3.05, 3.63) is 62.7 Å². The van der Waals surface area contributed by atoms with Gasteiger partial charge in [-0.05, 0) is 31.6 Å². The fourth-order valence-corrected chi connectivity index (χ4v) is 6.81. The van der Waals surface area contributed by atoms with Gasteiger partial charge in [-0.1, -0.05) is 5.16 Å². The second kappa shape index (κ2) is 11.9. The summed E-state index contributed by atoms with van der Waals surface area (Å²) in [6, 6.07) is 1.79. The fraction of sp³-hybridized carbons (Fsp3) is 0.308. The van der Waals surface area contributed by atoms with E-state index in [1.54, 1.807) is 26.0 Å². The molecule has 17 heteroatoms. The Hall–Kier alpha value is -4.61. The molecule has 3 aromatic heterocycles. The lowest BCUT2D eigenvalue weighted by molar-refractivity contribution is -0.150. The molecule has 2 aliphatic rings. The molecule has 2 amide bonds. The predicted octanol–water partition coefficient (Wildman–Crippen LogP) is 0.145. The van der Waals surface area contributed by atoms with E-state index in [9.17, 15) is 29.1 Å². The average Bonchev–Trinajstić information content (AvgIpc) is 3.43.